The third-order valence-corrected chi connectivity index (χ3v) is 5.37. The van der Waals surface area contributed by atoms with Gasteiger partial charge in [-0.25, -0.2) is 12.8 Å². The van der Waals surface area contributed by atoms with Gasteiger partial charge in [0.1, 0.15) is 10.7 Å². The maximum absolute atomic E-state index is 13.7. The maximum Gasteiger partial charge on any atom is 0.246 e. The highest BCUT2D eigenvalue weighted by molar-refractivity contribution is 7.89. The molecule has 0 amide bonds. The number of β-amino-alcohol motifs (C(OH)–C–C–N with tert-alkyl or cyclic N) is 1. The first-order valence-electron chi connectivity index (χ1n) is 5.94. The Hall–Kier alpha value is -1.18. The lowest BCUT2D eigenvalue weighted by molar-refractivity contribution is -0.0933. The van der Waals surface area contributed by atoms with Crippen LogP contribution in [0.15, 0.2) is 23.1 Å². The van der Waals surface area contributed by atoms with Gasteiger partial charge >= 0.3 is 0 Å². The van der Waals surface area contributed by atoms with Crippen molar-refractivity contribution >= 4 is 15.7 Å². The number of hydrogen-bond acceptors (Lipinski definition) is 4. The summed E-state index contributed by atoms with van der Waals surface area (Å²) in [5, 5.41) is 10.1. The van der Waals surface area contributed by atoms with E-state index < -0.39 is 26.3 Å². The van der Waals surface area contributed by atoms with Crippen molar-refractivity contribution in [1.82, 2.24) is 4.31 Å². The summed E-state index contributed by atoms with van der Waals surface area (Å²) in [5.74, 6) is -0.935. The molecule has 19 heavy (non-hydrogen) atoms. The van der Waals surface area contributed by atoms with Crippen LogP contribution >= 0.6 is 0 Å². The van der Waals surface area contributed by atoms with Crippen LogP contribution in [-0.2, 0) is 10.0 Å². The normalized spacial score (nSPS) is 19.4. The average Bonchev–Trinajstić information content (AvgIpc) is 2.23. The lowest BCUT2D eigenvalue weighted by atomic mass is 9.85. The Labute approximate surface area is 111 Å². The molecule has 0 unspecified atom stereocenters. The van der Waals surface area contributed by atoms with E-state index in [1.54, 1.807) is 0 Å². The van der Waals surface area contributed by atoms with Crippen molar-refractivity contribution < 1.29 is 17.9 Å². The Balaban J connectivity index is 2.26. The summed E-state index contributed by atoms with van der Waals surface area (Å²) in [7, 11) is -3.91. The predicted molar refractivity (Wildman–Crippen MR) is 69.4 cm³/mol. The second-order valence-corrected chi connectivity index (χ2v) is 7.13. The van der Waals surface area contributed by atoms with E-state index in [9.17, 15) is 17.9 Å². The second-order valence-electron chi connectivity index (χ2n) is 5.22. The van der Waals surface area contributed by atoms with Gasteiger partial charge < -0.3 is 10.8 Å². The Bertz CT molecular complexity index is 595. The van der Waals surface area contributed by atoms with Gasteiger partial charge in [-0.1, -0.05) is 13.8 Å². The monoisotopic (exact) mass is 288 g/mol. The Morgan fingerprint density at radius 3 is 2.47 bits per heavy atom. The summed E-state index contributed by atoms with van der Waals surface area (Å²) in [5.41, 5.74) is 4.52. The summed E-state index contributed by atoms with van der Waals surface area (Å²) in [6.45, 7) is 3.59. The number of aliphatic hydroxyl groups is 1. The number of nitrogen functional groups attached to an aromatic ring is 1. The summed E-state index contributed by atoms with van der Waals surface area (Å²) < 4.78 is 39.1. The van der Waals surface area contributed by atoms with Crippen molar-refractivity contribution in [2.45, 2.75) is 24.3 Å². The van der Waals surface area contributed by atoms with E-state index in [1.165, 1.54) is 6.07 Å². The molecule has 1 aromatic carbocycles. The molecule has 3 N–H and O–H groups in total. The number of sulfonamides is 1. The van der Waals surface area contributed by atoms with Gasteiger partial charge in [-0.2, -0.15) is 4.31 Å². The fourth-order valence-corrected chi connectivity index (χ4v) is 3.58. The van der Waals surface area contributed by atoms with E-state index >= 15 is 0 Å². The molecule has 0 aliphatic carbocycles. The number of hydrogen-bond donors (Lipinski definition) is 2. The highest BCUT2D eigenvalue weighted by atomic mass is 32.2. The molecule has 0 bridgehead atoms. The lowest BCUT2D eigenvalue weighted by Crippen LogP contribution is -2.65. The molecule has 1 fully saturated rings. The summed E-state index contributed by atoms with van der Waals surface area (Å²) >= 11 is 0. The smallest absolute Gasteiger partial charge is 0.246 e. The first-order chi connectivity index (χ1) is 8.67. The van der Waals surface area contributed by atoms with Crippen LogP contribution in [0.3, 0.4) is 0 Å². The lowest BCUT2D eigenvalue weighted by Gasteiger charge is -2.47. The number of nitrogens with zero attached hydrogens (tertiary/aromatic N) is 1. The van der Waals surface area contributed by atoms with Gasteiger partial charge in [0, 0.05) is 18.8 Å². The molecule has 0 spiro atoms. The van der Waals surface area contributed by atoms with Gasteiger partial charge in [-0.05, 0) is 24.1 Å². The number of nitrogens with two attached hydrogens (primary N) is 1. The quantitative estimate of drug-likeness (QED) is 0.806. The molecule has 1 heterocycles. The van der Waals surface area contributed by atoms with Crippen LogP contribution in [0.25, 0.3) is 0 Å². The minimum atomic E-state index is -3.91. The molecule has 0 radical (unpaired) electrons. The fraction of sp³-hybridized carbons (Fsp3) is 0.500. The van der Waals surface area contributed by atoms with Gasteiger partial charge in [-0.15, -0.1) is 0 Å². The molecule has 0 saturated carbocycles. The van der Waals surface area contributed by atoms with Crippen molar-refractivity contribution in [2.24, 2.45) is 5.92 Å². The molecule has 106 valence electrons. The number of halogens is 1. The number of benzene rings is 1. The predicted octanol–water partition coefficient (Wildman–Crippen LogP) is 0.799. The first-order valence-corrected chi connectivity index (χ1v) is 7.38. The van der Waals surface area contributed by atoms with Gasteiger partial charge in [-0.3, -0.25) is 0 Å². The third-order valence-electron chi connectivity index (χ3n) is 3.55. The molecule has 0 atom stereocenters. The zero-order chi connectivity index (χ0) is 14.4. The average molecular weight is 288 g/mol. The first kappa shape index (κ1) is 14.2. The van der Waals surface area contributed by atoms with E-state index in [1.807, 2.05) is 13.8 Å². The van der Waals surface area contributed by atoms with E-state index in [0.717, 1.165) is 16.4 Å². The van der Waals surface area contributed by atoms with Crippen molar-refractivity contribution in [3.8, 4) is 0 Å². The molecule has 0 aromatic heterocycles. The SMILES string of the molecule is CC(C)C1(O)CN(S(=O)(=O)c2ccc(N)cc2F)C1. The standard InChI is InChI=1S/C12H17FN2O3S/c1-8(2)12(16)6-15(7-12)19(17,18)11-4-3-9(14)5-10(11)13/h3-5,8,16H,6-7,14H2,1-2H3. The van der Waals surface area contributed by atoms with Crippen molar-refractivity contribution in [3.05, 3.63) is 24.0 Å². The molecule has 2 rings (SSSR count). The molecule has 5 nitrogen and oxygen atoms in total. The fourth-order valence-electron chi connectivity index (χ4n) is 1.96. The highest BCUT2D eigenvalue weighted by Gasteiger charge is 2.49. The zero-order valence-electron chi connectivity index (χ0n) is 10.8. The Morgan fingerprint density at radius 2 is 2.00 bits per heavy atom. The summed E-state index contributed by atoms with van der Waals surface area (Å²) in [6.07, 6.45) is 0. The minimum absolute atomic E-state index is 0.0170. The van der Waals surface area contributed by atoms with Crippen LogP contribution in [0, 0.1) is 11.7 Å². The molecule has 1 aliphatic rings. The van der Waals surface area contributed by atoms with Gasteiger partial charge in [0.15, 0.2) is 0 Å². The molecule has 1 aromatic rings. The summed E-state index contributed by atoms with van der Waals surface area (Å²) in [4.78, 5) is -0.410. The van der Waals surface area contributed by atoms with Crippen LogP contribution in [0.2, 0.25) is 0 Å². The maximum atomic E-state index is 13.7. The summed E-state index contributed by atoms with van der Waals surface area (Å²) in [6, 6.07) is 3.46. The highest BCUT2D eigenvalue weighted by Crippen LogP contribution is 2.34. The van der Waals surface area contributed by atoms with Crippen LogP contribution in [0.1, 0.15) is 13.8 Å². The minimum Gasteiger partial charge on any atom is -0.399 e. The van der Waals surface area contributed by atoms with Gasteiger partial charge in [0.2, 0.25) is 10.0 Å². The zero-order valence-corrected chi connectivity index (χ0v) is 11.6. The van der Waals surface area contributed by atoms with Crippen LogP contribution in [-0.4, -0.2) is 36.5 Å². The molecular formula is C12H17FN2O3S. The third kappa shape index (κ3) is 2.33. The molecule has 7 heteroatoms. The largest absolute Gasteiger partial charge is 0.399 e. The van der Waals surface area contributed by atoms with E-state index in [0.29, 0.717) is 0 Å². The van der Waals surface area contributed by atoms with Crippen LogP contribution < -0.4 is 5.73 Å². The van der Waals surface area contributed by atoms with E-state index in [2.05, 4.69) is 0 Å². The van der Waals surface area contributed by atoms with Crippen molar-refractivity contribution in [1.29, 1.82) is 0 Å². The second kappa shape index (κ2) is 4.43. The topological polar surface area (TPSA) is 83.6 Å². The van der Waals surface area contributed by atoms with Crippen molar-refractivity contribution in [2.75, 3.05) is 18.8 Å². The van der Waals surface area contributed by atoms with Gasteiger partial charge in [0.25, 0.3) is 0 Å². The van der Waals surface area contributed by atoms with E-state index in [4.69, 9.17) is 5.73 Å². The molecule has 1 aliphatic heterocycles. The Kier molecular flexibility index (Phi) is 3.32. The van der Waals surface area contributed by atoms with Crippen LogP contribution in [0.5, 0.6) is 0 Å². The molecular weight excluding hydrogens is 271 g/mol. The number of rotatable bonds is 3. The number of anilines is 1. The Morgan fingerprint density at radius 1 is 1.42 bits per heavy atom. The van der Waals surface area contributed by atoms with Crippen LogP contribution in [0.4, 0.5) is 10.1 Å². The molecule has 1 saturated heterocycles. The van der Waals surface area contributed by atoms with E-state index in [-0.39, 0.29) is 24.7 Å². The van der Waals surface area contributed by atoms with Gasteiger partial charge in [0.05, 0.1) is 5.60 Å². The van der Waals surface area contributed by atoms with Crippen molar-refractivity contribution in [3.63, 3.8) is 0 Å².